The minimum Gasteiger partial charge on any atom is -0.443 e. The van der Waals surface area contributed by atoms with Crippen molar-refractivity contribution in [3.8, 4) is 0 Å². The van der Waals surface area contributed by atoms with Gasteiger partial charge in [0.2, 0.25) is 0 Å². The Hall–Kier alpha value is -1.32. The third kappa shape index (κ3) is 2.43. The SMILES string of the molecule is CC(O)c1cnc(Cc2ccccc2Cl)o1. The first kappa shape index (κ1) is 11.2. The fraction of sp³-hybridized carbons (Fsp3) is 0.250. The Morgan fingerprint density at radius 1 is 1.44 bits per heavy atom. The number of aliphatic hydroxyl groups is 1. The molecule has 3 nitrogen and oxygen atoms in total. The molecule has 1 aromatic heterocycles. The molecule has 1 unspecified atom stereocenters. The van der Waals surface area contributed by atoms with Crippen LogP contribution in [0.4, 0.5) is 0 Å². The van der Waals surface area contributed by atoms with Crippen molar-refractivity contribution in [1.29, 1.82) is 0 Å². The third-order valence-corrected chi connectivity index (χ3v) is 2.65. The number of oxazole rings is 1. The third-order valence-electron chi connectivity index (χ3n) is 2.28. The van der Waals surface area contributed by atoms with Crippen LogP contribution in [0.1, 0.15) is 30.2 Å². The number of benzene rings is 1. The van der Waals surface area contributed by atoms with E-state index in [0.29, 0.717) is 23.1 Å². The molecule has 0 saturated carbocycles. The second-order valence-electron chi connectivity index (χ2n) is 3.60. The lowest BCUT2D eigenvalue weighted by Gasteiger charge is -2.00. The van der Waals surface area contributed by atoms with Crippen LogP contribution in [-0.4, -0.2) is 10.1 Å². The van der Waals surface area contributed by atoms with E-state index >= 15 is 0 Å². The molecular weight excluding hydrogens is 226 g/mol. The van der Waals surface area contributed by atoms with Crippen molar-refractivity contribution in [3.63, 3.8) is 0 Å². The summed E-state index contributed by atoms with van der Waals surface area (Å²) in [5.41, 5.74) is 0.961. The molecule has 2 rings (SSSR count). The first-order chi connectivity index (χ1) is 7.66. The fourth-order valence-corrected chi connectivity index (χ4v) is 1.61. The van der Waals surface area contributed by atoms with Crippen LogP contribution in [0.2, 0.25) is 5.02 Å². The summed E-state index contributed by atoms with van der Waals surface area (Å²) in [5, 5.41) is 9.99. The van der Waals surface area contributed by atoms with E-state index in [-0.39, 0.29) is 0 Å². The predicted octanol–water partition coefficient (Wildman–Crippen LogP) is 2.97. The van der Waals surface area contributed by atoms with Crippen molar-refractivity contribution in [2.24, 2.45) is 0 Å². The number of aliphatic hydroxyl groups excluding tert-OH is 1. The van der Waals surface area contributed by atoms with Gasteiger partial charge in [-0.15, -0.1) is 0 Å². The second-order valence-corrected chi connectivity index (χ2v) is 4.01. The number of hydrogen-bond donors (Lipinski definition) is 1. The van der Waals surface area contributed by atoms with Crippen LogP contribution in [0.15, 0.2) is 34.9 Å². The molecule has 0 saturated heterocycles. The van der Waals surface area contributed by atoms with E-state index < -0.39 is 6.10 Å². The zero-order chi connectivity index (χ0) is 11.5. The van der Waals surface area contributed by atoms with Crippen LogP contribution in [0.3, 0.4) is 0 Å². The molecule has 84 valence electrons. The van der Waals surface area contributed by atoms with Gasteiger partial charge in [0.25, 0.3) is 0 Å². The van der Waals surface area contributed by atoms with Gasteiger partial charge in [-0.1, -0.05) is 29.8 Å². The second kappa shape index (κ2) is 4.68. The zero-order valence-corrected chi connectivity index (χ0v) is 9.61. The van der Waals surface area contributed by atoms with Crippen molar-refractivity contribution in [1.82, 2.24) is 4.98 Å². The van der Waals surface area contributed by atoms with Crippen molar-refractivity contribution in [2.75, 3.05) is 0 Å². The van der Waals surface area contributed by atoms with Crippen molar-refractivity contribution >= 4 is 11.6 Å². The van der Waals surface area contributed by atoms with Crippen molar-refractivity contribution < 1.29 is 9.52 Å². The van der Waals surface area contributed by atoms with E-state index in [1.54, 1.807) is 6.92 Å². The Bertz CT molecular complexity index is 479. The maximum Gasteiger partial charge on any atom is 0.198 e. The summed E-state index contributed by atoms with van der Waals surface area (Å²) in [5.74, 6) is 1.03. The topological polar surface area (TPSA) is 46.3 Å². The number of hydrogen-bond acceptors (Lipinski definition) is 3. The molecule has 0 aliphatic carbocycles. The number of aromatic nitrogens is 1. The van der Waals surface area contributed by atoms with Crippen LogP contribution < -0.4 is 0 Å². The molecule has 0 amide bonds. The Kier molecular flexibility index (Phi) is 3.27. The average Bonchev–Trinajstić information content (AvgIpc) is 2.70. The lowest BCUT2D eigenvalue weighted by atomic mass is 10.1. The maximum atomic E-state index is 9.30. The van der Waals surface area contributed by atoms with Crippen molar-refractivity contribution in [2.45, 2.75) is 19.4 Å². The van der Waals surface area contributed by atoms with Gasteiger partial charge in [0.1, 0.15) is 6.10 Å². The van der Waals surface area contributed by atoms with Crippen molar-refractivity contribution in [3.05, 3.63) is 52.7 Å². The Balaban J connectivity index is 2.18. The maximum absolute atomic E-state index is 9.30. The molecule has 1 atom stereocenters. The minimum atomic E-state index is -0.632. The smallest absolute Gasteiger partial charge is 0.198 e. The van der Waals surface area contributed by atoms with E-state index in [2.05, 4.69) is 4.98 Å². The molecule has 1 aromatic carbocycles. The van der Waals surface area contributed by atoms with E-state index in [1.807, 2.05) is 24.3 Å². The molecule has 0 spiro atoms. The fourth-order valence-electron chi connectivity index (χ4n) is 1.40. The quantitative estimate of drug-likeness (QED) is 0.893. The van der Waals surface area contributed by atoms with Gasteiger partial charge in [-0.2, -0.15) is 0 Å². The highest BCUT2D eigenvalue weighted by Crippen LogP contribution is 2.20. The summed E-state index contributed by atoms with van der Waals surface area (Å²) in [7, 11) is 0. The summed E-state index contributed by atoms with van der Waals surface area (Å²) in [6.07, 6.45) is 1.44. The summed E-state index contributed by atoms with van der Waals surface area (Å²) in [6, 6.07) is 7.55. The van der Waals surface area contributed by atoms with Gasteiger partial charge in [-0.3, -0.25) is 0 Å². The molecule has 0 bridgehead atoms. The van der Waals surface area contributed by atoms with Crippen LogP contribution in [0.25, 0.3) is 0 Å². The van der Waals surface area contributed by atoms with Gasteiger partial charge in [0.05, 0.1) is 12.6 Å². The van der Waals surface area contributed by atoms with Crippen LogP contribution in [-0.2, 0) is 6.42 Å². The summed E-state index contributed by atoms with van der Waals surface area (Å²) in [6.45, 7) is 1.64. The van der Waals surface area contributed by atoms with Gasteiger partial charge < -0.3 is 9.52 Å². The highest BCUT2D eigenvalue weighted by Gasteiger charge is 2.10. The van der Waals surface area contributed by atoms with Crippen LogP contribution in [0, 0.1) is 0 Å². The monoisotopic (exact) mass is 237 g/mol. The first-order valence-corrected chi connectivity index (χ1v) is 5.40. The molecule has 4 heteroatoms. The first-order valence-electron chi connectivity index (χ1n) is 5.03. The average molecular weight is 238 g/mol. The van der Waals surface area contributed by atoms with Gasteiger partial charge in [-0.25, -0.2) is 4.98 Å². The normalized spacial score (nSPS) is 12.7. The molecule has 1 heterocycles. The van der Waals surface area contributed by atoms with E-state index in [1.165, 1.54) is 6.20 Å². The molecule has 0 aliphatic heterocycles. The lowest BCUT2D eigenvalue weighted by Crippen LogP contribution is -1.89. The molecular formula is C12H12ClNO2. The molecule has 2 aromatic rings. The van der Waals surface area contributed by atoms with Gasteiger partial charge in [-0.05, 0) is 18.6 Å². The Morgan fingerprint density at radius 3 is 2.81 bits per heavy atom. The lowest BCUT2D eigenvalue weighted by molar-refractivity contribution is 0.167. The minimum absolute atomic E-state index is 0.474. The van der Waals surface area contributed by atoms with Crippen LogP contribution in [0.5, 0.6) is 0 Å². The molecule has 0 aliphatic rings. The number of nitrogens with zero attached hydrogens (tertiary/aromatic N) is 1. The highest BCUT2D eigenvalue weighted by molar-refractivity contribution is 6.31. The number of halogens is 1. The largest absolute Gasteiger partial charge is 0.443 e. The summed E-state index contributed by atoms with van der Waals surface area (Å²) < 4.78 is 5.38. The molecule has 0 radical (unpaired) electrons. The molecule has 0 fully saturated rings. The van der Waals surface area contributed by atoms with Gasteiger partial charge in [0.15, 0.2) is 11.7 Å². The van der Waals surface area contributed by atoms with E-state index in [4.69, 9.17) is 16.0 Å². The Labute approximate surface area is 98.7 Å². The zero-order valence-electron chi connectivity index (χ0n) is 8.85. The van der Waals surface area contributed by atoms with Gasteiger partial charge in [0, 0.05) is 5.02 Å². The highest BCUT2D eigenvalue weighted by atomic mass is 35.5. The van der Waals surface area contributed by atoms with E-state index in [0.717, 1.165) is 5.56 Å². The Morgan fingerprint density at radius 2 is 2.19 bits per heavy atom. The number of rotatable bonds is 3. The van der Waals surface area contributed by atoms with Gasteiger partial charge >= 0.3 is 0 Å². The molecule has 16 heavy (non-hydrogen) atoms. The van der Waals surface area contributed by atoms with E-state index in [9.17, 15) is 5.11 Å². The standard InChI is InChI=1S/C12H12ClNO2/c1-8(15)11-7-14-12(16-11)6-9-4-2-3-5-10(9)13/h2-5,7-8,15H,6H2,1H3. The molecule has 1 N–H and O–H groups in total. The predicted molar refractivity (Wildman–Crippen MR) is 61.4 cm³/mol. The summed E-state index contributed by atoms with van der Waals surface area (Å²) >= 11 is 6.02. The summed E-state index contributed by atoms with van der Waals surface area (Å²) in [4.78, 5) is 4.09. The van der Waals surface area contributed by atoms with Crippen LogP contribution >= 0.6 is 11.6 Å².